The smallest absolute Gasteiger partial charge is 0.0668 e. The fraction of sp³-hybridized carbons (Fsp3) is 0.357. The zero-order chi connectivity index (χ0) is 10.7. The topological polar surface area (TPSA) is 3.24 Å². The van der Waals surface area contributed by atoms with Crippen molar-refractivity contribution in [2.45, 2.75) is 12.5 Å². The molecule has 3 unspecified atom stereocenters. The van der Waals surface area contributed by atoms with Gasteiger partial charge in [-0.25, -0.2) is 0 Å². The minimum atomic E-state index is 0.470. The first kappa shape index (κ1) is 10.4. The summed E-state index contributed by atoms with van der Waals surface area (Å²) in [6.45, 7) is 12.0. The Morgan fingerprint density at radius 3 is 2.73 bits per heavy atom. The Labute approximate surface area is 92.5 Å². The molecule has 1 fully saturated rings. The van der Waals surface area contributed by atoms with Crippen molar-refractivity contribution < 1.29 is 0 Å². The second-order valence-electron chi connectivity index (χ2n) is 4.04. The Morgan fingerprint density at radius 1 is 1.20 bits per heavy atom. The lowest BCUT2D eigenvalue weighted by Gasteiger charge is -2.24. The van der Waals surface area contributed by atoms with Crippen LogP contribution in [-0.2, 0) is 0 Å². The van der Waals surface area contributed by atoms with E-state index >= 15 is 0 Å². The van der Waals surface area contributed by atoms with Crippen molar-refractivity contribution in [3.05, 3.63) is 56.2 Å². The SMILES string of the molecule is C=CCC1[C]N(CC=C)C2C=CC=CC12. The fourth-order valence-electron chi connectivity index (χ4n) is 2.38. The van der Waals surface area contributed by atoms with Crippen molar-refractivity contribution >= 4 is 0 Å². The van der Waals surface area contributed by atoms with E-state index in [4.69, 9.17) is 0 Å². The second-order valence-corrected chi connectivity index (χ2v) is 4.04. The van der Waals surface area contributed by atoms with Gasteiger partial charge in [-0.2, -0.15) is 0 Å². The molecule has 78 valence electrons. The molecule has 1 nitrogen and oxygen atoms in total. The molecule has 0 amide bonds. The molecule has 0 N–H and O–H groups in total. The molecule has 0 aromatic rings. The predicted molar refractivity (Wildman–Crippen MR) is 64.0 cm³/mol. The van der Waals surface area contributed by atoms with Crippen LogP contribution in [0.5, 0.6) is 0 Å². The van der Waals surface area contributed by atoms with Crippen LogP contribution < -0.4 is 0 Å². The molecule has 1 aliphatic carbocycles. The molecule has 0 aromatic heterocycles. The third-order valence-corrected chi connectivity index (χ3v) is 3.05. The highest BCUT2D eigenvalue weighted by atomic mass is 15.2. The summed E-state index contributed by atoms with van der Waals surface area (Å²) >= 11 is 0. The second kappa shape index (κ2) is 4.63. The quantitative estimate of drug-likeness (QED) is 0.629. The van der Waals surface area contributed by atoms with Gasteiger partial charge in [-0.05, 0) is 12.3 Å². The highest BCUT2D eigenvalue weighted by Gasteiger charge is 2.38. The van der Waals surface area contributed by atoms with Gasteiger partial charge in [0.1, 0.15) is 0 Å². The molecule has 0 aromatic carbocycles. The maximum absolute atomic E-state index is 3.81. The summed E-state index contributed by atoms with van der Waals surface area (Å²) in [5.74, 6) is 1.04. The molecule has 0 bridgehead atoms. The first-order valence-electron chi connectivity index (χ1n) is 5.46. The van der Waals surface area contributed by atoms with Gasteiger partial charge >= 0.3 is 0 Å². The van der Waals surface area contributed by atoms with Gasteiger partial charge in [0.05, 0.1) is 6.54 Å². The molecule has 0 saturated carbocycles. The molecular formula is C14H17N. The van der Waals surface area contributed by atoms with Crippen molar-refractivity contribution in [1.29, 1.82) is 0 Å². The average Bonchev–Trinajstić information content (AvgIpc) is 2.59. The third kappa shape index (κ3) is 1.98. The summed E-state index contributed by atoms with van der Waals surface area (Å²) < 4.78 is 0. The Hall–Kier alpha value is -1.08. The summed E-state index contributed by atoms with van der Waals surface area (Å²) in [7, 11) is 0. The van der Waals surface area contributed by atoms with E-state index in [1.54, 1.807) is 0 Å². The molecule has 2 rings (SSSR count). The summed E-state index contributed by atoms with van der Waals surface area (Å²) in [6.07, 6.45) is 13.7. The van der Waals surface area contributed by atoms with Gasteiger partial charge in [-0.1, -0.05) is 36.5 Å². The first-order chi connectivity index (χ1) is 7.36. The molecule has 3 atom stereocenters. The van der Waals surface area contributed by atoms with Crippen molar-refractivity contribution in [3.63, 3.8) is 0 Å². The molecule has 0 spiro atoms. The van der Waals surface area contributed by atoms with E-state index < -0.39 is 0 Å². The van der Waals surface area contributed by atoms with E-state index in [0.29, 0.717) is 17.9 Å². The molecular weight excluding hydrogens is 182 g/mol. The van der Waals surface area contributed by atoms with E-state index in [-0.39, 0.29) is 0 Å². The van der Waals surface area contributed by atoms with Crippen LogP contribution in [-0.4, -0.2) is 17.5 Å². The number of likely N-dealkylation sites (tertiary alicyclic amines) is 1. The van der Waals surface area contributed by atoms with Gasteiger partial charge in [-0.15, -0.1) is 13.2 Å². The van der Waals surface area contributed by atoms with E-state index in [9.17, 15) is 0 Å². The Balaban J connectivity index is 2.13. The van der Waals surface area contributed by atoms with Crippen LogP contribution in [0, 0.1) is 18.4 Å². The average molecular weight is 199 g/mol. The highest BCUT2D eigenvalue weighted by molar-refractivity contribution is 5.23. The Kier molecular flexibility index (Phi) is 3.22. The van der Waals surface area contributed by atoms with Gasteiger partial charge in [-0.3, -0.25) is 4.90 Å². The maximum Gasteiger partial charge on any atom is 0.0668 e. The van der Waals surface area contributed by atoms with Gasteiger partial charge in [0, 0.05) is 18.5 Å². The molecule has 2 radical (unpaired) electrons. The third-order valence-electron chi connectivity index (χ3n) is 3.05. The molecule has 1 saturated heterocycles. The van der Waals surface area contributed by atoms with Gasteiger partial charge in [0.15, 0.2) is 0 Å². The van der Waals surface area contributed by atoms with Crippen LogP contribution >= 0.6 is 0 Å². The van der Waals surface area contributed by atoms with Gasteiger partial charge < -0.3 is 0 Å². The predicted octanol–water partition coefficient (Wildman–Crippen LogP) is 2.83. The molecule has 1 heterocycles. The lowest BCUT2D eigenvalue weighted by atomic mass is 9.86. The monoisotopic (exact) mass is 199 g/mol. The van der Waals surface area contributed by atoms with Crippen LogP contribution in [0.1, 0.15) is 6.42 Å². The summed E-state index contributed by atoms with van der Waals surface area (Å²) in [4.78, 5) is 2.26. The van der Waals surface area contributed by atoms with Crippen molar-refractivity contribution in [1.82, 2.24) is 4.90 Å². The standard InChI is InChI=1S/C14H17N/c1-3-7-12-11-15(10-4-2)14-9-6-5-8-13(12)14/h3-6,8-9,12-14H,1-2,7,10H2. The molecule has 1 aliphatic heterocycles. The van der Waals surface area contributed by atoms with Crippen molar-refractivity contribution in [2.75, 3.05) is 6.54 Å². The summed E-state index contributed by atoms with van der Waals surface area (Å²) in [5.41, 5.74) is 0. The highest BCUT2D eigenvalue weighted by Crippen LogP contribution is 2.38. The minimum Gasteiger partial charge on any atom is -0.283 e. The van der Waals surface area contributed by atoms with Crippen LogP contribution in [0.25, 0.3) is 0 Å². The largest absolute Gasteiger partial charge is 0.283 e. The Bertz CT molecular complexity index is 270. The Morgan fingerprint density at radius 2 is 2.00 bits per heavy atom. The van der Waals surface area contributed by atoms with E-state index in [2.05, 4.69) is 48.9 Å². The zero-order valence-corrected chi connectivity index (χ0v) is 8.97. The van der Waals surface area contributed by atoms with Crippen LogP contribution in [0.3, 0.4) is 0 Å². The van der Waals surface area contributed by atoms with E-state index in [0.717, 1.165) is 13.0 Å². The first-order valence-corrected chi connectivity index (χ1v) is 5.46. The lowest BCUT2D eigenvalue weighted by molar-refractivity contribution is 0.339. The van der Waals surface area contributed by atoms with Crippen molar-refractivity contribution in [2.24, 2.45) is 11.8 Å². The van der Waals surface area contributed by atoms with Crippen molar-refractivity contribution in [3.8, 4) is 0 Å². The molecule has 15 heavy (non-hydrogen) atoms. The fourth-order valence-corrected chi connectivity index (χ4v) is 2.38. The minimum absolute atomic E-state index is 0.470. The maximum atomic E-state index is 3.81. The van der Waals surface area contributed by atoms with Crippen LogP contribution in [0.2, 0.25) is 0 Å². The van der Waals surface area contributed by atoms with Gasteiger partial charge in [0.2, 0.25) is 0 Å². The van der Waals surface area contributed by atoms with Gasteiger partial charge in [0.25, 0.3) is 0 Å². The number of nitrogens with zero attached hydrogens (tertiary/aromatic N) is 1. The number of fused-ring (bicyclic) bond motifs is 1. The normalized spacial score (nSPS) is 34.0. The van der Waals surface area contributed by atoms with Crippen LogP contribution in [0.4, 0.5) is 0 Å². The lowest BCUT2D eigenvalue weighted by Crippen LogP contribution is -2.30. The molecule has 1 heteroatoms. The number of rotatable bonds is 4. The van der Waals surface area contributed by atoms with E-state index in [1.165, 1.54) is 0 Å². The number of hydrogen-bond acceptors (Lipinski definition) is 1. The summed E-state index contributed by atoms with van der Waals surface area (Å²) in [5, 5.41) is 0. The zero-order valence-electron chi connectivity index (χ0n) is 8.97. The number of allylic oxidation sites excluding steroid dienone is 3. The number of hydrogen-bond donors (Lipinski definition) is 0. The summed E-state index contributed by atoms with van der Waals surface area (Å²) in [6, 6.07) is 0.470. The molecule has 2 aliphatic rings. The van der Waals surface area contributed by atoms with E-state index in [1.807, 2.05) is 12.2 Å². The van der Waals surface area contributed by atoms with Crippen LogP contribution in [0.15, 0.2) is 49.6 Å².